The monoisotopic (exact) mass is 437 g/mol. The van der Waals surface area contributed by atoms with Crippen LogP contribution in [-0.4, -0.2) is 39.5 Å². The van der Waals surface area contributed by atoms with Crippen LogP contribution in [0, 0.1) is 5.82 Å². The first-order valence-electron chi connectivity index (χ1n) is 8.76. The summed E-state index contributed by atoms with van der Waals surface area (Å²) in [4.78, 5) is 14.5. The Kier molecular flexibility index (Phi) is 7.09. The molecule has 0 fully saturated rings. The van der Waals surface area contributed by atoms with Crippen molar-refractivity contribution < 1.29 is 4.39 Å². The summed E-state index contributed by atoms with van der Waals surface area (Å²) in [6.07, 6.45) is 3.84. The average Bonchev–Trinajstić information content (AvgIpc) is 3.09. The SMILES string of the molecule is CSCCNc1nc(-c2cnc(NC(C)C)s2)cc(-c2ccc(F)cc2Cl)n1. The second kappa shape index (κ2) is 9.54. The summed E-state index contributed by atoms with van der Waals surface area (Å²) >= 11 is 9.52. The fourth-order valence-corrected chi connectivity index (χ4v) is 3.95. The van der Waals surface area contributed by atoms with Crippen molar-refractivity contribution in [2.24, 2.45) is 0 Å². The van der Waals surface area contributed by atoms with Gasteiger partial charge >= 0.3 is 0 Å². The highest BCUT2D eigenvalue weighted by molar-refractivity contribution is 7.98. The van der Waals surface area contributed by atoms with Gasteiger partial charge in [0.1, 0.15) is 5.82 Å². The lowest BCUT2D eigenvalue weighted by Crippen LogP contribution is -2.08. The average molecular weight is 438 g/mol. The Balaban J connectivity index is 2.01. The van der Waals surface area contributed by atoms with Gasteiger partial charge < -0.3 is 10.6 Å². The van der Waals surface area contributed by atoms with Crippen LogP contribution in [0.2, 0.25) is 5.02 Å². The standard InChI is InChI=1S/C19H21ClFN5S2/c1-11(2)24-19-23-10-17(28-19)16-9-15(13-5-4-12(21)8-14(13)20)25-18(26-16)22-6-7-27-3/h4-5,8-11H,6-7H2,1-3H3,(H,23,24)(H,22,25,26). The molecule has 0 aliphatic heterocycles. The Morgan fingerprint density at radius 2 is 2.00 bits per heavy atom. The number of thioether (sulfide) groups is 1. The van der Waals surface area contributed by atoms with E-state index in [0.717, 1.165) is 28.0 Å². The molecule has 0 saturated heterocycles. The van der Waals surface area contributed by atoms with E-state index in [9.17, 15) is 4.39 Å². The van der Waals surface area contributed by atoms with E-state index in [0.29, 0.717) is 28.3 Å². The Morgan fingerprint density at radius 1 is 1.21 bits per heavy atom. The second-order valence-electron chi connectivity index (χ2n) is 6.33. The Bertz CT molecular complexity index is 948. The summed E-state index contributed by atoms with van der Waals surface area (Å²) in [5, 5.41) is 7.69. The maximum Gasteiger partial charge on any atom is 0.223 e. The van der Waals surface area contributed by atoms with Gasteiger partial charge in [0.05, 0.1) is 21.3 Å². The van der Waals surface area contributed by atoms with Gasteiger partial charge in [-0.25, -0.2) is 19.3 Å². The Morgan fingerprint density at radius 3 is 2.71 bits per heavy atom. The molecule has 2 aromatic heterocycles. The third-order valence-corrected chi connectivity index (χ3v) is 5.57. The van der Waals surface area contributed by atoms with E-state index >= 15 is 0 Å². The number of hydrogen-bond acceptors (Lipinski definition) is 7. The van der Waals surface area contributed by atoms with Crippen molar-refractivity contribution in [2.75, 3.05) is 29.2 Å². The van der Waals surface area contributed by atoms with E-state index in [-0.39, 0.29) is 5.82 Å². The van der Waals surface area contributed by atoms with Gasteiger partial charge in [-0.1, -0.05) is 22.9 Å². The third kappa shape index (κ3) is 5.33. The van der Waals surface area contributed by atoms with Gasteiger partial charge in [-0.05, 0) is 44.4 Å². The van der Waals surface area contributed by atoms with Crippen LogP contribution in [0.3, 0.4) is 0 Å². The van der Waals surface area contributed by atoms with Crippen molar-refractivity contribution >= 4 is 45.8 Å². The fraction of sp³-hybridized carbons (Fsp3) is 0.316. The normalized spacial score (nSPS) is 11.1. The molecule has 0 amide bonds. The molecule has 9 heteroatoms. The first-order chi connectivity index (χ1) is 13.5. The predicted molar refractivity (Wildman–Crippen MR) is 119 cm³/mol. The summed E-state index contributed by atoms with van der Waals surface area (Å²) in [7, 11) is 0. The molecular weight excluding hydrogens is 417 g/mol. The van der Waals surface area contributed by atoms with Crippen LogP contribution in [0.1, 0.15) is 13.8 Å². The van der Waals surface area contributed by atoms with Crippen LogP contribution >= 0.6 is 34.7 Å². The molecule has 2 N–H and O–H groups in total. The van der Waals surface area contributed by atoms with Gasteiger partial charge in [0.15, 0.2) is 5.13 Å². The van der Waals surface area contributed by atoms with Crippen LogP contribution in [-0.2, 0) is 0 Å². The highest BCUT2D eigenvalue weighted by Gasteiger charge is 2.14. The summed E-state index contributed by atoms with van der Waals surface area (Å²) in [5.74, 6) is 1.06. The smallest absolute Gasteiger partial charge is 0.223 e. The first kappa shape index (κ1) is 20.8. The van der Waals surface area contributed by atoms with E-state index in [2.05, 4.69) is 39.4 Å². The molecule has 2 heterocycles. The number of thiazole rings is 1. The summed E-state index contributed by atoms with van der Waals surface area (Å²) in [5.41, 5.74) is 2.03. The highest BCUT2D eigenvalue weighted by Crippen LogP contribution is 2.33. The fourth-order valence-electron chi connectivity index (χ4n) is 2.46. The molecule has 0 spiro atoms. The lowest BCUT2D eigenvalue weighted by atomic mass is 10.1. The topological polar surface area (TPSA) is 62.7 Å². The number of halogens is 2. The van der Waals surface area contributed by atoms with E-state index in [1.165, 1.54) is 23.5 Å². The van der Waals surface area contributed by atoms with Crippen molar-refractivity contribution in [3.8, 4) is 21.8 Å². The van der Waals surface area contributed by atoms with Crippen LogP contribution in [0.5, 0.6) is 0 Å². The van der Waals surface area contributed by atoms with E-state index in [4.69, 9.17) is 11.6 Å². The van der Waals surface area contributed by atoms with E-state index in [1.54, 1.807) is 24.0 Å². The number of nitrogens with one attached hydrogen (secondary N) is 2. The maximum atomic E-state index is 13.5. The summed E-state index contributed by atoms with van der Waals surface area (Å²) < 4.78 is 13.5. The van der Waals surface area contributed by atoms with E-state index < -0.39 is 0 Å². The quantitative estimate of drug-likeness (QED) is 0.443. The summed E-state index contributed by atoms with van der Waals surface area (Å²) in [6, 6.07) is 6.44. The number of rotatable bonds is 8. The Hall–Kier alpha value is -1.90. The zero-order valence-electron chi connectivity index (χ0n) is 15.8. The molecule has 0 bridgehead atoms. The molecule has 5 nitrogen and oxygen atoms in total. The molecule has 148 valence electrons. The van der Waals surface area contributed by atoms with Gasteiger partial charge in [-0.2, -0.15) is 11.8 Å². The van der Waals surface area contributed by atoms with Gasteiger partial charge in [0.25, 0.3) is 0 Å². The third-order valence-electron chi connectivity index (χ3n) is 3.69. The number of nitrogens with zero attached hydrogens (tertiary/aromatic N) is 3. The maximum absolute atomic E-state index is 13.5. The number of aromatic nitrogens is 3. The summed E-state index contributed by atoms with van der Waals surface area (Å²) in [6.45, 7) is 4.87. The lowest BCUT2D eigenvalue weighted by molar-refractivity contribution is 0.628. The van der Waals surface area contributed by atoms with Crippen LogP contribution < -0.4 is 10.6 Å². The van der Waals surface area contributed by atoms with E-state index in [1.807, 2.05) is 12.3 Å². The largest absolute Gasteiger partial charge is 0.359 e. The molecular formula is C19H21ClFN5S2. The van der Waals surface area contributed by atoms with Gasteiger partial charge in [0.2, 0.25) is 5.95 Å². The van der Waals surface area contributed by atoms with Crippen LogP contribution in [0.4, 0.5) is 15.5 Å². The van der Waals surface area contributed by atoms with Gasteiger partial charge in [-0.15, -0.1) is 0 Å². The van der Waals surface area contributed by atoms with Gasteiger partial charge in [0, 0.05) is 30.1 Å². The lowest BCUT2D eigenvalue weighted by Gasteiger charge is -2.10. The van der Waals surface area contributed by atoms with Crippen molar-refractivity contribution in [1.82, 2.24) is 15.0 Å². The molecule has 0 radical (unpaired) electrons. The van der Waals surface area contributed by atoms with Crippen molar-refractivity contribution in [3.05, 3.63) is 41.3 Å². The molecule has 0 aliphatic carbocycles. The predicted octanol–water partition coefficient (Wildman–Crippen LogP) is 5.65. The molecule has 0 saturated carbocycles. The zero-order chi connectivity index (χ0) is 20.1. The van der Waals surface area contributed by atoms with Crippen molar-refractivity contribution in [3.63, 3.8) is 0 Å². The highest BCUT2D eigenvalue weighted by atomic mass is 35.5. The minimum absolute atomic E-state index is 0.293. The molecule has 28 heavy (non-hydrogen) atoms. The molecule has 3 rings (SSSR count). The second-order valence-corrected chi connectivity index (χ2v) is 8.76. The van der Waals surface area contributed by atoms with Gasteiger partial charge in [-0.3, -0.25) is 0 Å². The number of hydrogen-bond donors (Lipinski definition) is 2. The minimum Gasteiger partial charge on any atom is -0.359 e. The molecule has 0 atom stereocenters. The molecule has 0 aliphatic rings. The molecule has 1 aromatic carbocycles. The van der Waals surface area contributed by atoms with Crippen LogP contribution in [0.15, 0.2) is 30.5 Å². The number of anilines is 2. The van der Waals surface area contributed by atoms with Crippen molar-refractivity contribution in [2.45, 2.75) is 19.9 Å². The number of benzene rings is 1. The zero-order valence-corrected chi connectivity index (χ0v) is 18.2. The molecule has 3 aromatic rings. The van der Waals surface area contributed by atoms with Crippen molar-refractivity contribution in [1.29, 1.82) is 0 Å². The molecule has 0 unspecified atom stereocenters. The first-order valence-corrected chi connectivity index (χ1v) is 11.3. The Labute approximate surface area is 177 Å². The minimum atomic E-state index is -0.381. The van der Waals surface area contributed by atoms with Crippen LogP contribution in [0.25, 0.3) is 21.8 Å².